The van der Waals surface area contributed by atoms with Crippen molar-refractivity contribution in [3.8, 4) is 11.5 Å². The fourth-order valence-corrected chi connectivity index (χ4v) is 4.67. The van der Waals surface area contributed by atoms with Gasteiger partial charge in [-0.15, -0.1) is 0 Å². The number of aryl methyl sites for hydroxylation is 2. The number of imide groups is 1. The zero-order valence-electron chi connectivity index (χ0n) is 16.7. The Kier molecular flexibility index (Phi) is 4.32. The van der Waals surface area contributed by atoms with E-state index in [0.717, 1.165) is 12.1 Å². The normalized spacial score (nSPS) is 23.2. The predicted molar refractivity (Wildman–Crippen MR) is 106 cm³/mol. The van der Waals surface area contributed by atoms with Gasteiger partial charge in [-0.05, 0) is 42.7 Å². The minimum atomic E-state index is -0.234. The van der Waals surface area contributed by atoms with Gasteiger partial charge in [-0.2, -0.15) is 0 Å². The van der Waals surface area contributed by atoms with Gasteiger partial charge in [-0.25, -0.2) is 0 Å². The van der Waals surface area contributed by atoms with Crippen molar-refractivity contribution in [1.29, 1.82) is 0 Å². The number of carbonyl (C=O) groups is 2. The van der Waals surface area contributed by atoms with Crippen LogP contribution in [-0.2, 0) is 22.7 Å². The molecule has 2 amide bonds. The Hall–Kier alpha value is -2.86. The van der Waals surface area contributed by atoms with Gasteiger partial charge in [0.25, 0.3) is 0 Å². The molecule has 2 saturated heterocycles. The Labute approximate surface area is 170 Å². The van der Waals surface area contributed by atoms with Crippen LogP contribution in [0.4, 0.5) is 0 Å². The lowest BCUT2D eigenvalue weighted by Crippen LogP contribution is -2.35. The predicted octanol–water partition coefficient (Wildman–Crippen LogP) is 2.65. The van der Waals surface area contributed by atoms with E-state index in [1.165, 1.54) is 21.6 Å². The molecule has 6 nitrogen and oxygen atoms in total. The number of hydrogen-bond acceptors (Lipinski definition) is 5. The summed E-state index contributed by atoms with van der Waals surface area (Å²) in [5.41, 5.74) is 4.63. The second kappa shape index (κ2) is 6.88. The Morgan fingerprint density at radius 3 is 2.34 bits per heavy atom. The smallest absolute Gasteiger partial charge is 0.234 e. The Morgan fingerprint density at radius 1 is 0.897 bits per heavy atom. The van der Waals surface area contributed by atoms with Gasteiger partial charge >= 0.3 is 0 Å². The monoisotopic (exact) mass is 392 g/mol. The second-order valence-corrected chi connectivity index (χ2v) is 8.29. The molecular weight excluding hydrogens is 368 g/mol. The lowest BCUT2D eigenvalue weighted by molar-refractivity contribution is -0.141. The van der Waals surface area contributed by atoms with Crippen LogP contribution >= 0.6 is 0 Å². The summed E-state index contributed by atoms with van der Waals surface area (Å²) in [7, 11) is 0. The van der Waals surface area contributed by atoms with E-state index in [4.69, 9.17) is 9.47 Å². The molecule has 5 rings (SSSR count). The van der Waals surface area contributed by atoms with E-state index < -0.39 is 0 Å². The third-order valence-electron chi connectivity index (χ3n) is 6.23. The number of fused-ring (bicyclic) bond motifs is 2. The number of likely N-dealkylation sites (tertiary alicyclic amines) is 2. The van der Waals surface area contributed by atoms with E-state index in [-0.39, 0.29) is 30.4 Å². The van der Waals surface area contributed by atoms with Crippen molar-refractivity contribution in [2.75, 3.05) is 19.9 Å². The van der Waals surface area contributed by atoms with E-state index in [0.29, 0.717) is 31.1 Å². The summed E-state index contributed by atoms with van der Waals surface area (Å²) in [6, 6.07) is 12.0. The Bertz CT molecular complexity index is 978. The molecule has 3 heterocycles. The lowest BCUT2D eigenvalue weighted by Gasteiger charge is -2.21. The van der Waals surface area contributed by atoms with Gasteiger partial charge in [-0.1, -0.05) is 29.8 Å². The highest BCUT2D eigenvalue weighted by molar-refractivity contribution is 6.05. The van der Waals surface area contributed by atoms with Crippen LogP contribution in [0.1, 0.15) is 22.3 Å². The number of hydrogen-bond donors (Lipinski definition) is 0. The molecule has 0 bridgehead atoms. The first-order valence-corrected chi connectivity index (χ1v) is 10.0. The van der Waals surface area contributed by atoms with Crippen molar-refractivity contribution in [2.24, 2.45) is 11.8 Å². The summed E-state index contributed by atoms with van der Waals surface area (Å²) in [6.07, 6.45) is 0. The fourth-order valence-electron chi connectivity index (χ4n) is 4.67. The fraction of sp³-hybridized carbons (Fsp3) is 0.391. The zero-order chi connectivity index (χ0) is 20.1. The van der Waals surface area contributed by atoms with Gasteiger partial charge in [0.2, 0.25) is 18.6 Å². The summed E-state index contributed by atoms with van der Waals surface area (Å²) < 4.78 is 10.7. The van der Waals surface area contributed by atoms with Gasteiger partial charge in [0, 0.05) is 19.6 Å². The highest BCUT2D eigenvalue weighted by Crippen LogP contribution is 2.37. The summed E-state index contributed by atoms with van der Waals surface area (Å²) in [6.45, 7) is 6.76. The number of rotatable bonds is 4. The Balaban J connectivity index is 1.27. The molecule has 2 fully saturated rings. The van der Waals surface area contributed by atoms with Crippen LogP contribution in [0.15, 0.2) is 36.4 Å². The van der Waals surface area contributed by atoms with Gasteiger partial charge in [0.05, 0.1) is 18.4 Å². The van der Waals surface area contributed by atoms with Crippen LogP contribution in [0.3, 0.4) is 0 Å². The van der Waals surface area contributed by atoms with E-state index in [1.807, 2.05) is 18.2 Å². The van der Waals surface area contributed by atoms with Crippen molar-refractivity contribution in [3.05, 3.63) is 58.7 Å². The molecule has 0 unspecified atom stereocenters. The maximum absolute atomic E-state index is 13.0. The summed E-state index contributed by atoms with van der Waals surface area (Å²) in [4.78, 5) is 29.6. The molecular formula is C23H24N2O4. The molecule has 0 saturated carbocycles. The molecule has 0 aromatic heterocycles. The first-order valence-electron chi connectivity index (χ1n) is 10.0. The molecule has 0 aliphatic carbocycles. The van der Waals surface area contributed by atoms with E-state index in [9.17, 15) is 9.59 Å². The minimum Gasteiger partial charge on any atom is -0.454 e. The maximum Gasteiger partial charge on any atom is 0.234 e. The van der Waals surface area contributed by atoms with Crippen molar-refractivity contribution < 1.29 is 19.1 Å². The van der Waals surface area contributed by atoms with Crippen LogP contribution in [0, 0.1) is 25.7 Å². The quantitative estimate of drug-likeness (QED) is 0.749. The van der Waals surface area contributed by atoms with Crippen molar-refractivity contribution in [2.45, 2.75) is 26.9 Å². The first-order chi connectivity index (χ1) is 14.0. The molecule has 3 aliphatic rings. The van der Waals surface area contributed by atoms with Crippen LogP contribution in [0.5, 0.6) is 11.5 Å². The van der Waals surface area contributed by atoms with Crippen molar-refractivity contribution >= 4 is 11.8 Å². The van der Waals surface area contributed by atoms with Gasteiger partial charge < -0.3 is 9.47 Å². The highest BCUT2D eigenvalue weighted by atomic mass is 16.7. The number of benzene rings is 2. The first kappa shape index (κ1) is 18.2. The lowest BCUT2D eigenvalue weighted by atomic mass is 10.00. The molecule has 2 aromatic carbocycles. The number of carbonyl (C=O) groups excluding carboxylic acids is 2. The number of ether oxygens (including phenoxy) is 2. The highest BCUT2D eigenvalue weighted by Gasteiger charge is 2.52. The molecule has 2 aromatic rings. The number of amides is 2. The average Bonchev–Trinajstić information content (AvgIpc) is 3.38. The molecule has 6 heteroatoms. The zero-order valence-corrected chi connectivity index (χ0v) is 16.7. The largest absolute Gasteiger partial charge is 0.454 e. The third kappa shape index (κ3) is 3.17. The summed E-state index contributed by atoms with van der Waals surface area (Å²) in [5.74, 6) is 0.791. The minimum absolute atomic E-state index is 0.0548. The summed E-state index contributed by atoms with van der Waals surface area (Å²) >= 11 is 0. The standard InChI is InChI=1S/C23H24N2O4/c1-14-3-5-17(15(2)7-14)10-24-11-18-19(12-24)23(27)25(22(18)26)9-16-4-6-20-21(8-16)29-13-28-20/h3-8,18-19H,9-13H2,1-2H3/t18-,19+. The van der Waals surface area contributed by atoms with Gasteiger partial charge in [0.1, 0.15) is 0 Å². The molecule has 150 valence electrons. The van der Waals surface area contributed by atoms with Crippen LogP contribution in [0.2, 0.25) is 0 Å². The van der Waals surface area contributed by atoms with Gasteiger partial charge in [0.15, 0.2) is 11.5 Å². The van der Waals surface area contributed by atoms with Crippen LogP contribution in [-0.4, -0.2) is 41.5 Å². The maximum atomic E-state index is 13.0. The van der Waals surface area contributed by atoms with Crippen LogP contribution in [0.25, 0.3) is 0 Å². The average molecular weight is 392 g/mol. The summed E-state index contributed by atoms with van der Waals surface area (Å²) in [5, 5.41) is 0. The second-order valence-electron chi connectivity index (χ2n) is 8.29. The molecule has 0 N–H and O–H groups in total. The molecule has 2 atom stereocenters. The van der Waals surface area contributed by atoms with Gasteiger partial charge in [-0.3, -0.25) is 19.4 Å². The molecule has 0 radical (unpaired) electrons. The van der Waals surface area contributed by atoms with E-state index in [1.54, 1.807) is 0 Å². The molecule has 3 aliphatic heterocycles. The molecule has 0 spiro atoms. The number of nitrogens with zero attached hydrogens (tertiary/aromatic N) is 2. The topological polar surface area (TPSA) is 59.1 Å². The van der Waals surface area contributed by atoms with Crippen molar-refractivity contribution in [1.82, 2.24) is 9.80 Å². The SMILES string of the molecule is Cc1ccc(CN2C[C@@H]3C(=O)N(Cc4ccc5c(c4)OCO5)C(=O)[C@@H]3C2)c(C)c1. The molecule has 29 heavy (non-hydrogen) atoms. The van der Waals surface area contributed by atoms with Crippen LogP contribution < -0.4 is 9.47 Å². The van der Waals surface area contributed by atoms with Crippen molar-refractivity contribution in [3.63, 3.8) is 0 Å². The Morgan fingerprint density at radius 2 is 1.62 bits per heavy atom. The van der Waals surface area contributed by atoms with E-state index >= 15 is 0 Å². The van der Waals surface area contributed by atoms with E-state index in [2.05, 4.69) is 36.9 Å². The third-order valence-corrected chi connectivity index (χ3v) is 6.23.